The number of ether oxygens (including phenoxy) is 1. The van der Waals surface area contributed by atoms with Gasteiger partial charge in [-0.05, 0) is 36.1 Å². The fourth-order valence-corrected chi connectivity index (χ4v) is 2.19. The first-order valence-electron chi connectivity index (χ1n) is 5.64. The Morgan fingerprint density at radius 1 is 1.53 bits per heavy atom. The van der Waals surface area contributed by atoms with Crippen molar-refractivity contribution < 1.29 is 4.74 Å². The van der Waals surface area contributed by atoms with Gasteiger partial charge >= 0.3 is 0 Å². The third-order valence-corrected chi connectivity index (χ3v) is 2.95. The molecule has 1 atom stereocenters. The zero-order chi connectivity index (χ0) is 12.1. The molecule has 0 bridgehead atoms. The topological polar surface area (TPSA) is 45.0 Å². The van der Waals surface area contributed by atoms with Crippen LogP contribution < -0.4 is 10.1 Å². The Hall–Kier alpha value is -1.97. The number of nitriles is 1. The van der Waals surface area contributed by atoms with Crippen molar-refractivity contribution in [1.82, 2.24) is 5.32 Å². The molecule has 0 fully saturated rings. The van der Waals surface area contributed by atoms with Crippen molar-refractivity contribution in [2.24, 2.45) is 0 Å². The van der Waals surface area contributed by atoms with Crippen LogP contribution in [0.2, 0.25) is 0 Å². The van der Waals surface area contributed by atoms with Crippen LogP contribution in [0.25, 0.3) is 0 Å². The van der Waals surface area contributed by atoms with Gasteiger partial charge in [-0.15, -0.1) is 6.42 Å². The van der Waals surface area contributed by atoms with Gasteiger partial charge in [0.1, 0.15) is 11.8 Å². The number of rotatable bonds is 4. The first-order chi connectivity index (χ1) is 8.35. The molecule has 1 N–H and O–H groups in total. The van der Waals surface area contributed by atoms with Crippen molar-refractivity contribution in [1.29, 1.82) is 5.26 Å². The number of fused-ring (bicyclic) bond motifs is 1. The molecule has 0 aromatic heterocycles. The van der Waals surface area contributed by atoms with E-state index in [0.717, 1.165) is 18.6 Å². The average molecular weight is 226 g/mol. The van der Waals surface area contributed by atoms with Crippen LogP contribution >= 0.6 is 0 Å². The van der Waals surface area contributed by atoms with Gasteiger partial charge < -0.3 is 4.74 Å². The maximum atomic E-state index is 8.46. The van der Waals surface area contributed by atoms with E-state index < -0.39 is 0 Å². The summed E-state index contributed by atoms with van der Waals surface area (Å²) in [6.45, 7) is 0.689. The van der Waals surface area contributed by atoms with Gasteiger partial charge in [0.15, 0.2) is 6.61 Å². The predicted molar refractivity (Wildman–Crippen MR) is 65.4 cm³/mol. The van der Waals surface area contributed by atoms with Crippen molar-refractivity contribution in [3.63, 3.8) is 0 Å². The van der Waals surface area contributed by atoms with Gasteiger partial charge in [-0.25, -0.2) is 0 Å². The fraction of sp³-hybridized carbons (Fsp3) is 0.357. The first kappa shape index (κ1) is 11.5. The molecule has 3 nitrogen and oxygen atoms in total. The second-order valence-corrected chi connectivity index (χ2v) is 3.98. The van der Waals surface area contributed by atoms with Gasteiger partial charge in [0.05, 0.1) is 6.54 Å². The van der Waals surface area contributed by atoms with E-state index in [2.05, 4.69) is 17.3 Å². The van der Waals surface area contributed by atoms with Gasteiger partial charge in [-0.2, -0.15) is 5.26 Å². The Balaban J connectivity index is 2.09. The maximum Gasteiger partial charge on any atom is 0.174 e. The third kappa shape index (κ3) is 2.58. The summed E-state index contributed by atoms with van der Waals surface area (Å²) in [5, 5.41) is 11.8. The molecule has 0 spiro atoms. The Kier molecular flexibility index (Phi) is 3.65. The molecule has 0 aliphatic heterocycles. The van der Waals surface area contributed by atoms with Crippen molar-refractivity contribution >= 4 is 0 Å². The number of nitrogens with zero attached hydrogens (tertiary/aromatic N) is 1. The van der Waals surface area contributed by atoms with Gasteiger partial charge in [-0.1, -0.05) is 12.0 Å². The second kappa shape index (κ2) is 5.39. The summed E-state index contributed by atoms with van der Waals surface area (Å²) in [7, 11) is 0. The van der Waals surface area contributed by atoms with Crippen LogP contribution in [-0.2, 0) is 6.42 Å². The highest BCUT2D eigenvalue weighted by Gasteiger charge is 2.21. The molecule has 86 valence electrons. The molecule has 0 amide bonds. The molecular formula is C14H14N2O. The summed E-state index contributed by atoms with van der Waals surface area (Å²) in [4.78, 5) is 0. The summed E-state index contributed by atoms with van der Waals surface area (Å²) >= 11 is 0. The Labute approximate surface area is 101 Å². The molecule has 0 radical (unpaired) electrons. The highest BCUT2D eigenvalue weighted by Crippen LogP contribution is 2.33. The molecule has 0 heterocycles. The van der Waals surface area contributed by atoms with Crippen LogP contribution in [0.4, 0.5) is 0 Å². The summed E-state index contributed by atoms with van der Waals surface area (Å²) in [5.41, 5.74) is 2.58. The molecule has 1 aromatic rings. The average Bonchev–Trinajstić information content (AvgIpc) is 2.76. The van der Waals surface area contributed by atoms with E-state index in [4.69, 9.17) is 16.4 Å². The SMILES string of the molecule is C#CCNC1CCc2cc(OCC#N)ccc21. The van der Waals surface area contributed by atoms with E-state index in [1.807, 2.05) is 18.2 Å². The number of aryl methyl sites for hydroxylation is 1. The van der Waals surface area contributed by atoms with E-state index in [0.29, 0.717) is 12.6 Å². The van der Waals surface area contributed by atoms with Crippen LogP contribution in [0.3, 0.4) is 0 Å². The van der Waals surface area contributed by atoms with E-state index >= 15 is 0 Å². The minimum absolute atomic E-state index is 0.0948. The number of hydrogen-bond donors (Lipinski definition) is 1. The summed E-state index contributed by atoms with van der Waals surface area (Å²) in [6.07, 6.45) is 7.34. The Morgan fingerprint density at radius 2 is 2.41 bits per heavy atom. The Morgan fingerprint density at radius 3 is 3.18 bits per heavy atom. The molecule has 0 saturated carbocycles. The van der Waals surface area contributed by atoms with Crippen LogP contribution in [0.5, 0.6) is 5.75 Å². The third-order valence-electron chi connectivity index (χ3n) is 2.95. The predicted octanol–water partition coefficient (Wildman–Crippen LogP) is 1.80. The standard InChI is InChI=1S/C14H14N2O/c1-2-8-16-14-6-3-11-10-12(17-9-7-15)4-5-13(11)14/h1,4-5,10,14,16H,3,6,8-9H2. The minimum atomic E-state index is 0.0948. The van der Waals surface area contributed by atoms with E-state index in [1.165, 1.54) is 11.1 Å². The smallest absolute Gasteiger partial charge is 0.174 e. The zero-order valence-electron chi connectivity index (χ0n) is 9.57. The normalized spacial score (nSPS) is 16.9. The van der Waals surface area contributed by atoms with Gasteiger partial charge in [-0.3, -0.25) is 5.32 Å². The molecule has 17 heavy (non-hydrogen) atoms. The Bertz CT molecular complexity index is 482. The lowest BCUT2D eigenvalue weighted by molar-refractivity contribution is 0.368. The molecule has 1 unspecified atom stereocenters. The number of terminal acetylenes is 1. The number of nitrogens with one attached hydrogen (secondary N) is 1. The highest BCUT2D eigenvalue weighted by atomic mass is 16.5. The summed E-state index contributed by atoms with van der Waals surface area (Å²) < 4.78 is 5.28. The van der Waals surface area contributed by atoms with Gasteiger partial charge in [0.2, 0.25) is 0 Å². The fourth-order valence-electron chi connectivity index (χ4n) is 2.19. The van der Waals surface area contributed by atoms with Crippen LogP contribution in [0.15, 0.2) is 18.2 Å². The van der Waals surface area contributed by atoms with E-state index in [-0.39, 0.29) is 6.61 Å². The summed E-state index contributed by atoms with van der Waals surface area (Å²) in [6, 6.07) is 8.30. The number of benzene rings is 1. The second-order valence-electron chi connectivity index (χ2n) is 3.98. The van der Waals surface area contributed by atoms with Crippen molar-refractivity contribution in [2.75, 3.05) is 13.2 Å². The lowest BCUT2D eigenvalue weighted by atomic mass is 10.1. The molecular weight excluding hydrogens is 212 g/mol. The van der Waals surface area contributed by atoms with Crippen LogP contribution in [0.1, 0.15) is 23.6 Å². The quantitative estimate of drug-likeness (QED) is 0.796. The van der Waals surface area contributed by atoms with Crippen LogP contribution in [-0.4, -0.2) is 13.2 Å². The lowest BCUT2D eigenvalue weighted by Gasteiger charge is -2.12. The molecule has 0 saturated heterocycles. The van der Waals surface area contributed by atoms with E-state index in [1.54, 1.807) is 0 Å². The van der Waals surface area contributed by atoms with Crippen molar-refractivity contribution in [3.05, 3.63) is 29.3 Å². The minimum Gasteiger partial charge on any atom is -0.479 e. The lowest BCUT2D eigenvalue weighted by Crippen LogP contribution is -2.19. The first-order valence-corrected chi connectivity index (χ1v) is 5.64. The highest BCUT2D eigenvalue weighted by molar-refractivity contribution is 5.40. The zero-order valence-corrected chi connectivity index (χ0v) is 9.57. The largest absolute Gasteiger partial charge is 0.479 e. The van der Waals surface area contributed by atoms with Crippen molar-refractivity contribution in [2.45, 2.75) is 18.9 Å². The van der Waals surface area contributed by atoms with Crippen LogP contribution in [0, 0.1) is 23.7 Å². The molecule has 1 aliphatic rings. The van der Waals surface area contributed by atoms with Gasteiger partial charge in [0, 0.05) is 6.04 Å². The molecule has 1 aliphatic carbocycles. The maximum absolute atomic E-state index is 8.46. The summed E-state index contributed by atoms with van der Waals surface area (Å²) in [5.74, 6) is 3.36. The van der Waals surface area contributed by atoms with Gasteiger partial charge in [0.25, 0.3) is 0 Å². The van der Waals surface area contributed by atoms with Crippen molar-refractivity contribution in [3.8, 4) is 24.2 Å². The van der Waals surface area contributed by atoms with E-state index in [9.17, 15) is 0 Å². The molecule has 3 heteroatoms. The monoisotopic (exact) mass is 226 g/mol. The number of hydrogen-bond acceptors (Lipinski definition) is 3. The molecule has 2 rings (SSSR count). The molecule has 1 aromatic carbocycles.